The van der Waals surface area contributed by atoms with Crippen LogP contribution in [-0.4, -0.2) is 68.5 Å². The number of nitrogens with zero attached hydrogens (tertiary/aromatic N) is 1. The largest absolute Gasteiger partial charge is 0.756 e. The fourth-order valence-corrected chi connectivity index (χ4v) is 12.9. The smallest absolute Gasteiger partial charge is 0.268 e. The van der Waals surface area contributed by atoms with E-state index in [2.05, 4.69) is 31.3 Å². The van der Waals surface area contributed by atoms with E-state index in [9.17, 15) is 19.4 Å². The van der Waals surface area contributed by atoms with Gasteiger partial charge < -0.3 is 28.8 Å². The van der Waals surface area contributed by atoms with Crippen LogP contribution in [-0.2, 0) is 18.4 Å². The first-order valence-electron chi connectivity index (χ1n) is 38.7. The van der Waals surface area contributed by atoms with E-state index >= 15 is 0 Å². The number of carbonyl (C=O) groups excluding carboxylic acids is 1. The highest BCUT2D eigenvalue weighted by molar-refractivity contribution is 7.45. The van der Waals surface area contributed by atoms with Gasteiger partial charge >= 0.3 is 0 Å². The summed E-state index contributed by atoms with van der Waals surface area (Å²) in [5, 5.41) is 14.0. The van der Waals surface area contributed by atoms with E-state index < -0.39 is 20.0 Å². The molecule has 3 atom stereocenters. The second kappa shape index (κ2) is 68.3. The quantitative estimate of drug-likeness (QED) is 0.0272. The Bertz CT molecular complexity index is 1450. The van der Waals surface area contributed by atoms with Crippen LogP contribution in [0.3, 0.4) is 0 Å². The van der Waals surface area contributed by atoms with E-state index in [-0.39, 0.29) is 19.1 Å². The normalized spacial score (nSPS) is 13.6. The fraction of sp³-hybridized carbons (Fsp3) is 0.935. The summed E-state index contributed by atoms with van der Waals surface area (Å²) in [5.41, 5.74) is 0. The number of aliphatic hydroxyl groups excluding tert-OH is 1. The Kier molecular flexibility index (Phi) is 67.5. The van der Waals surface area contributed by atoms with Crippen LogP contribution in [0.4, 0.5) is 0 Å². The minimum Gasteiger partial charge on any atom is -0.756 e. The number of carbonyl (C=O) groups is 1. The molecule has 0 aliphatic heterocycles. The van der Waals surface area contributed by atoms with Crippen LogP contribution in [0.2, 0.25) is 0 Å². The zero-order valence-corrected chi connectivity index (χ0v) is 59.7. The number of amides is 1. The molecule has 0 fully saturated rings. The average molecular weight is 1230 g/mol. The molecule has 0 bridgehead atoms. The highest BCUT2D eigenvalue weighted by Crippen LogP contribution is 2.38. The number of quaternary nitrogens is 1. The molecule has 0 heterocycles. The van der Waals surface area contributed by atoms with Crippen LogP contribution in [0.5, 0.6) is 0 Å². The Labute approximate surface area is 538 Å². The van der Waals surface area contributed by atoms with Crippen molar-refractivity contribution in [3.8, 4) is 0 Å². The number of likely N-dealkylation sites (N-methyl/N-ethyl adjacent to an activating group) is 1. The van der Waals surface area contributed by atoms with E-state index in [1.807, 2.05) is 27.2 Å². The van der Waals surface area contributed by atoms with Gasteiger partial charge in [0.25, 0.3) is 7.82 Å². The van der Waals surface area contributed by atoms with Crippen molar-refractivity contribution < 1.29 is 32.9 Å². The zero-order chi connectivity index (χ0) is 62.6. The summed E-state index contributed by atoms with van der Waals surface area (Å²) < 4.78 is 23.5. The molecule has 86 heavy (non-hydrogen) atoms. The van der Waals surface area contributed by atoms with Gasteiger partial charge in [-0.05, 0) is 32.1 Å². The molecular weight excluding hydrogens is 1080 g/mol. The Morgan fingerprint density at radius 1 is 0.395 bits per heavy atom. The molecule has 0 aromatic carbocycles. The fourth-order valence-electron chi connectivity index (χ4n) is 12.2. The molecule has 0 aliphatic carbocycles. The Morgan fingerprint density at radius 3 is 0.942 bits per heavy atom. The van der Waals surface area contributed by atoms with Crippen molar-refractivity contribution in [2.45, 2.75) is 424 Å². The second-order valence-corrected chi connectivity index (χ2v) is 29.5. The Morgan fingerprint density at radius 2 is 0.651 bits per heavy atom. The van der Waals surface area contributed by atoms with Gasteiger partial charge in [-0.2, -0.15) is 0 Å². The third-order valence-electron chi connectivity index (χ3n) is 18.2. The molecule has 0 spiro atoms. The van der Waals surface area contributed by atoms with Crippen LogP contribution < -0.4 is 10.2 Å². The van der Waals surface area contributed by atoms with Crippen molar-refractivity contribution in [1.29, 1.82) is 0 Å². The first-order chi connectivity index (χ1) is 42.0. The molecular formula is C77H153N2O6P. The van der Waals surface area contributed by atoms with Gasteiger partial charge in [-0.1, -0.05) is 398 Å². The van der Waals surface area contributed by atoms with E-state index in [0.29, 0.717) is 17.4 Å². The van der Waals surface area contributed by atoms with Gasteiger partial charge in [0, 0.05) is 6.42 Å². The highest BCUT2D eigenvalue weighted by atomic mass is 31.2. The molecule has 0 aromatic rings. The van der Waals surface area contributed by atoms with Crippen molar-refractivity contribution in [3.63, 3.8) is 0 Å². The van der Waals surface area contributed by atoms with Crippen molar-refractivity contribution in [2.75, 3.05) is 40.9 Å². The minimum atomic E-state index is -4.61. The number of aliphatic hydroxyl groups is 1. The number of phosphoric ester groups is 1. The molecule has 1 amide bonds. The van der Waals surface area contributed by atoms with Crippen molar-refractivity contribution >= 4 is 13.7 Å². The number of phosphoric acid groups is 1. The summed E-state index contributed by atoms with van der Waals surface area (Å²) >= 11 is 0. The highest BCUT2D eigenvalue weighted by Gasteiger charge is 2.23. The predicted octanol–water partition coefficient (Wildman–Crippen LogP) is 24.4. The summed E-state index contributed by atoms with van der Waals surface area (Å²) in [6.07, 6.45) is 90.7. The Balaban J connectivity index is 3.92. The Hall–Kier alpha value is -1.02. The first-order valence-corrected chi connectivity index (χ1v) is 40.2. The van der Waals surface area contributed by atoms with Gasteiger partial charge in [0.15, 0.2) is 0 Å². The molecule has 3 unspecified atom stereocenters. The lowest BCUT2D eigenvalue weighted by Gasteiger charge is -2.29. The predicted molar refractivity (Wildman–Crippen MR) is 376 cm³/mol. The number of rotatable bonds is 73. The number of allylic oxidation sites excluding steroid dienone is 3. The van der Waals surface area contributed by atoms with Crippen LogP contribution in [0.25, 0.3) is 0 Å². The van der Waals surface area contributed by atoms with Gasteiger partial charge in [-0.25, -0.2) is 0 Å². The van der Waals surface area contributed by atoms with Gasteiger partial charge in [-0.15, -0.1) is 0 Å². The molecule has 0 saturated carbocycles. The molecule has 0 radical (unpaired) electrons. The van der Waals surface area contributed by atoms with Crippen molar-refractivity contribution in [1.82, 2.24) is 5.32 Å². The van der Waals surface area contributed by atoms with Gasteiger partial charge in [0.2, 0.25) is 5.91 Å². The van der Waals surface area contributed by atoms with E-state index in [1.165, 1.54) is 353 Å². The van der Waals surface area contributed by atoms with E-state index in [1.54, 1.807) is 6.08 Å². The topological polar surface area (TPSA) is 108 Å². The number of nitrogens with one attached hydrogen (secondary N) is 1. The minimum absolute atomic E-state index is 0.00336. The van der Waals surface area contributed by atoms with Gasteiger partial charge in [-0.3, -0.25) is 9.36 Å². The standard InChI is InChI=1S/C77H153N2O6P/c1-6-8-10-12-14-16-18-20-22-24-26-28-30-32-33-34-35-36-37-38-39-40-41-42-43-44-45-46-47-49-51-53-55-57-59-61-63-65-67-69-71-77(81)78-75(74-85-86(82,83)84-73-72-79(3,4)5)76(80)70-68-66-64-62-60-58-56-54-52-50-48-31-29-27-25-23-21-19-17-15-13-11-9-7-2/h60,62,68,70,75-76,80H,6-59,61,63-67,69,71-74H2,1-5H3,(H-,78,81,82,83)/b62-60+,70-68+. The molecule has 0 saturated heterocycles. The van der Waals surface area contributed by atoms with Crippen LogP contribution >= 0.6 is 7.82 Å². The van der Waals surface area contributed by atoms with Crippen LogP contribution in [0.15, 0.2) is 24.3 Å². The molecule has 2 N–H and O–H groups in total. The molecule has 8 nitrogen and oxygen atoms in total. The maximum absolute atomic E-state index is 13.1. The summed E-state index contributed by atoms with van der Waals surface area (Å²) in [6.45, 7) is 4.70. The summed E-state index contributed by atoms with van der Waals surface area (Å²) in [4.78, 5) is 25.7. The number of hydrogen-bond donors (Lipinski definition) is 2. The SMILES string of the molecule is CCCCCCCCCCCCCCCCCCCC/C=C/CC/C=C/C(O)C(COP(=O)([O-])OCC[N+](C)(C)C)NC(=O)CCCCCCCCCCCCCCCCCCCCCCCCCCCCCCCCCCCCCCCCCC. The monoisotopic (exact) mass is 1230 g/mol. The summed E-state index contributed by atoms with van der Waals surface area (Å²) in [5.74, 6) is -0.197. The molecule has 0 aliphatic rings. The van der Waals surface area contributed by atoms with Gasteiger partial charge in [0.05, 0.1) is 39.9 Å². The molecule has 512 valence electrons. The van der Waals surface area contributed by atoms with Crippen LogP contribution in [0, 0.1) is 0 Å². The molecule has 0 aromatic heterocycles. The maximum Gasteiger partial charge on any atom is 0.268 e. The molecule has 0 rings (SSSR count). The first kappa shape index (κ1) is 85.0. The number of unbranched alkanes of at least 4 members (excludes halogenated alkanes) is 58. The average Bonchev–Trinajstić information content (AvgIpc) is 3.70. The van der Waals surface area contributed by atoms with E-state index in [0.717, 1.165) is 38.5 Å². The molecule has 9 heteroatoms. The lowest BCUT2D eigenvalue weighted by molar-refractivity contribution is -0.870. The lowest BCUT2D eigenvalue weighted by atomic mass is 10.0. The lowest BCUT2D eigenvalue weighted by Crippen LogP contribution is -2.45. The zero-order valence-electron chi connectivity index (χ0n) is 58.8. The third kappa shape index (κ3) is 70.4. The maximum atomic E-state index is 13.1. The van der Waals surface area contributed by atoms with Gasteiger partial charge in [0.1, 0.15) is 13.2 Å². The van der Waals surface area contributed by atoms with Crippen molar-refractivity contribution in [3.05, 3.63) is 24.3 Å². The second-order valence-electron chi connectivity index (χ2n) is 28.1. The van der Waals surface area contributed by atoms with Crippen LogP contribution in [0.1, 0.15) is 412 Å². The van der Waals surface area contributed by atoms with Crippen molar-refractivity contribution in [2.24, 2.45) is 0 Å². The number of hydrogen-bond acceptors (Lipinski definition) is 6. The van der Waals surface area contributed by atoms with E-state index in [4.69, 9.17) is 9.05 Å². The summed E-state index contributed by atoms with van der Waals surface area (Å²) in [6, 6.07) is -0.902. The summed E-state index contributed by atoms with van der Waals surface area (Å²) in [7, 11) is 1.27. The third-order valence-corrected chi connectivity index (χ3v) is 19.1.